The minimum Gasteiger partial charge on any atom is -0.466 e. The average molecular weight is 355 g/mol. The van der Waals surface area contributed by atoms with Crippen LogP contribution in [0, 0.1) is 12.8 Å². The predicted octanol–water partition coefficient (Wildman–Crippen LogP) is 2.76. The van der Waals surface area contributed by atoms with Gasteiger partial charge in [-0.3, -0.25) is 14.6 Å². The number of furan rings is 1. The second kappa shape index (κ2) is 8.17. The zero-order chi connectivity index (χ0) is 18.5. The first-order chi connectivity index (χ1) is 12.5. The molecule has 26 heavy (non-hydrogen) atoms. The Labute approximate surface area is 153 Å². The molecule has 1 saturated heterocycles. The molecule has 2 aromatic heterocycles. The molecule has 0 bridgehead atoms. The van der Waals surface area contributed by atoms with Crippen molar-refractivity contribution >= 4 is 11.8 Å². The van der Waals surface area contributed by atoms with Crippen molar-refractivity contribution in [2.24, 2.45) is 5.92 Å². The lowest BCUT2D eigenvalue weighted by molar-refractivity contribution is -0.134. The van der Waals surface area contributed by atoms with Crippen LogP contribution >= 0.6 is 0 Å². The monoisotopic (exact) mass is 355 g/mol. The molecule has 1 aliphatic rings. The number of piperidine rings is 1. The maximum Gasteiger partial charge on any atom is 0.269 e. The molecule has 0 radical (unpaired) electrons. The summed E-state index contributed by atoms with van der Waals surface area (Å²) in [4.78, 5) is 30.7. The zero-order valence-electron chi connectivity index (χ0n) is 15.3. The van der Waals surface area contributed by atoms with E-state index in [1.165, 1.54) is 0 Å². The topological polar surface area (TPSA) is 75.4 Å². The molecule has 2 aromatic rings. The molecule has 2 amide bonds. The van der Waals surface area contributed by atoms with Crippen LogP contribution in [0.3, 0.4) is 0 Å². The number of nitrogens with one attached hydrogen (secondary N) is 1. The molecule has 0 saturated carbocycles. The van der Waals surface area contributed by atoms with Crippen LogP contribution in [0.5, 0.6) is 0 Å². The molecule has 3 heterocycles. The van der Waals surface area contributed by atoms with E-state index in [0.717, 1.165) is 24.4 Å². The molecule has 138 valence electrons. The predicted molar refractivity (Wildman–Crippen MR) is 97.7 cm³/mol. The van der Waals surface area contributed by atoms with Gasteiger partial charge >= 0.3 is 0 Å². The van der Waals surface area contributed by atoms with Crippen molar-refractivity contribution in [3.05, 3.63) is 53.7 Å². The van der Waals surface area contributed by atoms with Crippen LogP contribution in [-0.2, 0) is 4.79 Å². The summed E-state index contributed by atoms with van der Waals surface area (Å²) < 4.78 is 5.58. The normalized spacial score (nSPS) is 16.3. The number of aromatic nitrogens is 1. The number of pyridine rings is 1. The van der Waals surface area contributed by atoms with E-state index in [9.17, 15) is 9.59 Å². The lowest BCUT2D eigenvalue weighted by Gasteiger charge is -2.33. The molecule has 1 N–H and O–H groups in total. The van der Waals surface area contributed by atoms with Crippen molar-refractivity contribution in [3.8, 4) is 0 Å². The summed E-state index contributed by atoms with van der Waals surface area (Å²) in [5.74, 6) is 1.62. The Balaban J connectivity index is 1.45. The number of aryl methyl sites for hydroxylation is 1. The molecule has 1 unspecified atom stereocenters. The van der Waals surface area contributed by atoms with E-state index in [4.69, 9.17) is 4.42 Å². The van der Waals surface area contributed by atoms with Gasteiger partial charge in [-0.1, -0.05) is 6.07 Å². The number of carbonyl (C=O) groups excluding carboxylic acids is 2. The third-order valence-corrected chi connectivity index (χ3v) is 4.93. The molecule has 3 rings (SSSR count). The van der Waals surface area contributed by atoms with Gasteiger partial charge in [0, 0.05) is 25.8 Å². The average Bonchev–Trinajstić information content (AvgIpc) is 3.12. The fraction of sp³-hybridized carbons (Fsp3) is 0.450. The Morgan fingerprint density at radius 2 is 2.04 bits per heavy atom. The van der Waals surface area contributed by atoms with Crippen molar-refractivity contribution in [3.63, 3.8) is 0 Å². The third-order valence-electron chi connectivity index (χ3n) is 4.93. The van der Waals surface area contributed by atoms with Gasteiger partial charge < -0.3 is 14.6 Å². The quantitative estimate of drug-likeness (QED) is 0.895. The number of likely N-dealkylation sites (tertiary alicyclic amines) is 1. The number of carbonyl (C=O) groups is 2. The first-order valence-electron chi connectivity index (χ1n) is 9.09. The molecule has 1 atom stereocenters. The van der Waals surface area contributed by atoms with Crippen LogP contribution in [0.1, 0.15) is 47.7 Å². The van der Waals surface area contributed by atoms with Gasteiger partial charge in [-0.05, 0) is 56.9 Å². The Hall–Kier alpha value is -2.63. The minimum absolute atomic E-state index is 0.107. The molecule has 0 spiro atoms. The molecule has 1 fully saturated rings. The second-order valence-electron chi connectivity index (χ2n) is 6.86. The Kier molecular flexibility index (Phi) is 5.71. The van der Waals surface area contributed by atoms with Gasteiger partial charge in [-0.25, -0.2) is 0 Å². The molecule has 6 nitrogen and oxygen atoms in total. The first kappa shape index (κ1) is 18.2. The summed E-state index contributed by atoms with van der Waals surface area (Å²) in [6, 6.07) is 9.05. The smallest absolute Gasteiger partial charge is 0.269 e. The van der Waals surface area contributed by atoms with E-state index in [0.29, 0.717) is 31.2 Å². The van der Waals surface area contributed by atoms with E-state index in [1.807, 2.05) is 30.9 Å². The van der Waals surface area contributed by atoms with Crippen LogP contribution in [0.2, 0.25) is 0 Å². The van der Waals surface area contributed by atoms with Gasteiger partial charge in [0.25, 0.3) is 5.91 Å². The molecule has 6 heteroatoms. The molecule has 0 aliphatic carbocycles. The fourth-order valence-corrected chi connectivity index (χ4v) is 3.26. The number of amides is 2. The standard InChI is InChI=1S/C20H25N3O3/c1-14-6-7-18(26-14)15(2)20(25)23-11-8-16(9-12-23)13-22-19(24)17-5-3-4-10-21-17/h3-7,10,15-16H,8-9,11-13H2,1-2H3,(H,22,24). The first-order valence-corrected chi connectivity index (χ1v) is 9.09. The Morgan fingerprint density at radius 3 is 2.65 bits per heavy atom. The lowest BCUT2D eigenvalue weighted by atomic mass is 9.95. The van der Waals surface area contributed by atoms with Crippen molar-refractivity contribution in [2.45, 2.75) is 32.6 Å². The van der Waals surface area contributed by atoms with E-state index in [1.54, 1.807) is 24.4 Å². The van der Waals surface area contributed by atoms with Crippen LogP contribution in [-0.4, -0.2) is 41.3 Å². The summed E-state index contributed by atoms with van der Waals surface area (Å²) >= 11 is 0. The van der Waals surface area contributed by atoms with Gasteiger partial charge in [0.05, 0.1) is 5.92 Å². The van der Waals surface area contributed by atoms with Crippen LogP contribution < -0.4 is 5.32 Å². The van der Waals surface area contributed by atoms with Crippen LogP contribution in [0.15, 0.2) is 40.9 Å². The van der Waals surface area contributed by atoms with Gasteiger partial charge in [0.2, 0.25) is 5.91 Å². The summed E-state index contributed by atoms with van der Waals surface area (Å²) in [6.07, 6.45) is 3.39. The number of hydrogen-bond acceptors (Lipinski definition) is 4. The van der Waals surface area contributed by atoms with Gasteiger partial charge in [-0.15, -0.1) is 0 Å². The highest BCUT2D eigenvalue weighted by Gasteiger charge is 2.28. The highest BCUT2D eigenvalue weighted by atomic mass is 16.3. The van der Waals surface area contributed by atoms with Gasteiger partial charge in [-0.2, -0.15) is 0 Å². The highest BCUT2D eigenvalue weighted by Crippen LogP contribution is 2.24. The van der Waals surface area contributed by atoms with Gasteiger partial charge in [0.1, 0.15) is 17.2 Å². The SMILES string of the molecule is Cc1ccc(C(C)C(=O)N2CCC(CNC(=O)c3ccccn3)CC2)o1. The largest absolute Gasteiger partial charge is 0.466 e. The van der Waals surface area contributed by atoms with Crippen molar-refractivity contribution in [2.75, 3.05) is 19.6 Å². The molecule has 1 aliphatic heterocycles. The van der Waals surface area contributed by atoms with E-state index >= 15 is 0 Å². The summed E-state index contributed by atoms with van der Waals surface area (Å²) in [6.45, 7) is 5.82. The molecular weight excluding hydrogens is 330 g/mol. The summed E-state index contributed by atoms with van der Waals surface area (Å²) in [7, 11) is 0. The summed E-state index contributed by atoms with van der Waals surface area (Å²) in [5, 5.41) is 2.94. The number of hydrogen-bond donors (Lipinski definition) is 1. The van der Waals surface area contributed by atoms with Crippen LogP contribution in [0.4, 0.5) is 0 Å². The minimum atomic E-state index is -0.260. The maximum absolute atomic E-state index is 12.7. The van der Waals surface area contributed by atoms with Gasteiger partial charge in [0.15, 0.2) is 0 Å². The van der Waals surface area contributed by atoms with Crippen LogP contribution in [0.25, 0.3) is 0 Å². The third kappa shape index (κ3) is 4.31. The highest BCUT2D eigenvalue weighted by molar-refractivity contribution is 5.92. The zero-order valence-corrected chi connectivity index (χ0v) is 15.3. The second-order valence-corrected chi connectivity index (χ2v) is 6.86. The molecule has 0 aromatic carbocycles. The Bertz CT molecular complexity index is 749. The van der Waals surface area contributed by atoms with Crippen molar-refractivity contribution in [1.29, 1.82) is 0 Å². The number of rotatable bonds is 5. The van der Waals surface area contributed by atoms with E-state index in [-0.39, 0.29) is 17.7 Å². The summed E-state index contributed by atoms with van der Waals surface area (Å²) in [5.41, 5.74) is 0.433. The van der Waals surface area contributed by atoms with E-state index < -0.39 is 0 Å². The molecular formula is C20H25N3O3. The van der Waals surface area contributed by atoms with E-state index in [2.05, 4.69) is 10.3 Å². The maximum atomic E-state index is 12.7. The van der Waals surface area contributed by atoms with Crippen molar-refractivity contribution < 1.29 is 14.0 Å². The fourth-order valence-electron chi connectivity index (χ4n) is 3.26. The van der Waals surface area contributed by atoms with Crippen molar-refractivity contribution in [1.82, 2.24) is 15.2 Å². The Morgan fingerprint density at radius 1 is 1.27 bits per heavy atom. The lowest BCUT2D eigenvalue weighted by Crippen LogP contribution is -2.43. The number of nitrogens with zero attached hydrogens (tertiary/aromatic N) is 2.